The van der Waals surface area contributed by atoms with Crippen LogP contribution >= 0.6 is 11.6 Å². The van der Waals surface area contributed by atoms with Crippen molar-refractivity contribution in [2.75, 3.05) is 0 Å². The molecule has 0 bridgehead atoms. The molecule has 1 atom stereocenters. The lowest BCUT2D eigenvalue weighted by atomic mass is 10.0. The summed E-state index contributed by atoms with van der Waals surface area (Å²) in [4.78, 5) is 0. The SMILES string of the molecule is CCCn1ncc(Cl)c1C(NN)c1cc(C)cc(F)c1. The number of nitrogens with two attached hydrogens (primary N) is 1. The summed E-state index contributed by atoms with van der Waals surface area (Å²) in [6.07, 6.45) is 2.51. The third kappa shape index (κ3) is 3.00. The van der Waals surface area contributed by atoms with Gasteiger partial charge >= 0.3 is 0 Å². The Balaban J connectivity index is 2.49. The van der Waals surface area contributed by atoms with Crippen LogP contribution < -0.4 is 11.3 Å². The second-order valence-corrected chi connectivity index (χ2v) is 5.17. The Morgan fingerprint density at radius 3 is 2.80 bits per heavy atom. The van der Waals surface area contributed by atoms with Crippen LogP contribution in [0, 0.1) is 12.7 Å². The highest BCUT2D eigenvalue weighted by Gasteiger charge is 2.21. The minimum absolute atomic E-state index is 0.294. The summed E-state index contributed by atoms with van der Waals surface area (Å²) < 4.78 is 15.4. The number of hydrazine groups is 1. The lowest BCUT2D eigenvalue weighted by Gasteiger charge is -2.19. The monoisotopic (exact) mass is 296 g/mol. The van der Waals surface area contributed by atoms with Gasteiger partial charge in [-0.1, -0.05) is 24.6 Å². The minimum atomic E-state index is -0.397. The van der Waals surface area contributed by atoms with E-state index in [2.05, 4.69) is 17.4 Å². The molecule has 2 aromatic rings. The highest BCUT2D eigenvalue weighted by molar-refractivity contribution is 6.31. The molecular weight excluding hydrogens is 279 g/mol. The maximum Gasteiger partial charge on any atom is 0.123 e. The molecule has 0 radical (unpaired) electrons. The molecule has 6 heteroatoms. The maximum atomic E-state index is 13.6. The fourth-order valence-corrected chi connectivity index (χ4v) is 2.56. The van der Waals surface area contributed by atoms with Crippen LogP contribution in [0.25, 0.3) is 0 Å². The number of hydrogen-bond acceptors (Lipinski definition) is 3. The Hall–Kier alpha value is -1.43. The predicted octanol–water partition coefficient (Wildman–Crippen LogP) is 2.95. The number of rotatable bonds is 5. The molecule has 0 saturated heterocycles. The Morgan fingerprint density at radius 1 is 1.45 bits per heavy atom. The van der Waals surface area contributed by atoms with Crippen LogP contribution in [-0.4, -0.2) is 9.78 Å². The van der Waals surface area contributed by atoms with Crippen LogP contribution in [0.4, 0.5) is 4.39 Å². The molecule has 4 nitrogen and oxygen atoms in total. The van der Waals surface area contributed by atoms with E-state index in [9.17, 15) is 4.39 Å². The molecule has 2 rings (SSSR count). The van der Waals surface area contributed by atoms with Crippen molar-refractivity contribution in [1.82, 2.24) is 15.2 Å². The van der Waals surface area contributed by atoms with E-state index in [-0.39, 0.29) is 5.82 Å². The first kappa shape index (κ1) is 15.0. The van der Waals surface area contributed by atoms with Crippen molar-refractivity contribution in [1.29, 1.82) is 0 Å². The van der Waals surface area contributed by atoms with Crippen molar-refractivity contribution < 1.29 is 4.39 Å². The molecule has 0 saturated carbocycles. The van der Waals surface area contributed by atoms with Crippen LogP contribution in [-0.2, 0) is 6.54 Å². The van der Waals surface area contributed by atoms with Gasteiger partial charge in [0, 0.05) is 6.54 Å². The number of benzene rings is 1. The van der Waals surface area contributed by atoms with E-state index in [1.54, 1.807) is 10.9 Å². The first-order valence-electron chi connectivity index (χ1n) is 6.51. The van der Waals surface area contributed by atoms with E-state index in [4.69, 9.17) is 17.4 Å². The zero-order valence-electron chi connectivity index (χ0n) is 11.5. The quantitative estimate of drug-likeness (QED) is 0.659. The van der Waals surface area contributed by atoms with Gasteiger partial charge < -0.3 is 0 Å². The topological polar surface area (TPSA) is 55.9 Å². The molecule has 3 N–H and O–H groups in total. The number of hydrogen-bond donors (Lipinski definition) is 2. The molecule has 0 aliphatic rings. The molecule has 1 aromatic heterocycles. The zero-order valence-corrected chi connectivity index (χ0v) is 12.3. The molecule has 0 aliphatic carbocycles. The summed E-state index contributed by atoms with van der Waals surface area (Å²) in [5.74, 6) is 5.36. The fourth-order valence-electron chi connectivity index (χ4n) is 2.31. The van der Waals surface area contributed by atoms with E-state index >= 15 is 0 Å². The van der Waals surface area contributed by atoms with Crippen LogP contribution in [0.2, 0.25) is 5.02 Å². The fraction of sp³-hybridized carbons (Fsp3) is 0.357. The lowest BCUT2D eigenvalue weighted by Crippen LogP contribution is -2.31. The molecule has 1 heterocycles. The lowest BCUT2D eigenvalue weighted by molar-refractivity contribution is 0.518. The first-order chi connectivity index (χ1) is 9.56. The van der Waals surface area contributed by atoms with Crippen molar-refractivity contribution in [3.05, 3.63) is 52.1 Å². The maximum absolute atomic E-state index is 13.6. The van der Waals surface area contributed by atoms with Gasteiger partial charge in [-0.3, -0.25) is 10.5 Å². The molecular formula is C14H18ClFN4. The molecule has 1 unspecified atom stereocenters. The average Bonchev–Trinajstić information content (AvgIpc) is 2.72. The molecule has 0 spiro atoms. The summed E-state index contributed by atoms with van der Waals surface area (Å²) in [7, 11) is 0. The average molecular weight is 297 g/mol. The third-order valence-corrected chi connectivity index (χ3v) is 3.40. The van der Waals surface area contributed by atoms with Gasteiger partial charge in [0.25, 0.3) is 0 Å². The van der Waals surface area contributed by atoms with Gasteiger partial charge in [0.2, 0.25) is 0 Å². The minimum Gasteiger partial charge on any atom is -0.271 e. The van der Waals surface area contributed by atoms with E-state index in [0.29, 0.717) is 5.02 Å². The Bertz CT molecular complexity index is 577. The number of aromatic nitrogens is 2. The summed E-state index contributed by atoms with van der Waals surface area (Å²) in [5.41, 5.74) is 5.01. The predicted molar refractivity (Wildman–Crippen MR) is 77.8 cm³/mol. The summed E-state index contributed by atoms with van der Waals surface area (Å²) in [6, 6.07) is 4.41. The second-order valence-electron chi connectivity index (χ2n) is 4.76. The van der Waals surface area contributed by atoms with Crippen LogP contribution in [0.15, 0.2) is 24.4 Å². The van der Waals surface area contributed by atoms with E-state index in [1.165, 1.54) is 12.1 Å². The van der Waals surface area contributed by atoms with Crippen molar-refractivity contribution in [3.63, 3.8) is 0 Å². The van der Waals surface area contributed by atoms with Crippen molar-refractivity contribution in [2.45, 2.75) is 32.9 Å². The summed E-state index contributed by atoms with van der Waals surface area (Å²) in [5, 5.41) is 4.76. The highest BCUT2D eigenvalue weighted by atomic mass is 35.5. The van der Waals surface area contributed by atoms with E-state index < -0.39 is 6.04 Å². The van der Waals surface area contributed by atoms with Gasteiger partial charge in [0.15, 0.2) is 0 Å². The number of halogens is 2. The molecule has 0 aliphatic heterocycles. The van der Waals surface area contributed by atoms with Crippen LogP contribution in [0.5, 0.6) is 0 Å². The Morgan fingerprint density at radius 2 is 2.20 bits per heavy atom. The van der Waals surface area contributed by atoms with E-state index in [1.807, 2.05) is 13.0 Å². The number of nitrogens with zero attached hydrogens (tertiary/aromatic N) is 2. The highest BCUT2D eigenvalue weighted by Crippen LogP contribution is 2.29. The van der Waals surface area contributed by atoms with Crippen molar-refractivity contribution in [3.8, 4) is 0 Å². The third-order valence-electron chi connectivity index (χ3n) is 3.11. The Labute approximate surface area is 122 Å². The smallest absolute Gasteiger partial charge is 0.123 e. The molecule has 20 heavy (non-hydrogen) atoms. The second kappa shape index (κ2) is 6.35. The molecule has 0 amide bonds. The van der Waals surface area contributed by atoms with Gasteiger partial charge in [-0.2, -0.15) is 5.10 Å². The summed E-state index contributed by atoms with van der Waals surface area (Å²) >= 11 is 6.21. The van der Waals surface area contributed by atoms with Gasteiger partial charge in [-0.25, -0.2) is 9.82 Å². The molecule has 0 fully saturated rings. The van der Waals surface area contributed by atoms with Gasteiger partial charge in [-0.05, 0) is 36.6 Å². The van der Waals surface area contributed by atoms with Crippen molar-refractivity contribution in [2.24, 2.45) is 5.84 Å². The van der Waals surface area contributed by atoms with Crippen LogP contribution in [0.1, 0.15) is 36.2 Å². The van der Waals surface area contributed by atoms with E-state index in [0.717, 1.165) is 29.8 Å². The van der Waals surface area contributed by atoms with Crippen LogP contribution in [0.3, 0.4) is 0 Å². The van der Waals surface area contributed by atoms with Crippen molar-refractivity contribution >= 4 is 11.6 Å². The normalized spacial score (nSPS) is 12.7. The van der Waals surface area contributed by atoms with Gasteiger partial charge in [0.05, 0.1) is 23.0 Å². The standard InChI is InChI=1S/C14H18ClFN4/c1-3-4-20-14(12(15)8-18-20)13(19-17)10-5-9(2)6-11(16)7-10/h5-8,13,19H,3-4,17H2,1-2H3. The number of aryl methyl sites for hydroxylation is 2. The zero-order chi connectivity index (χ0) is 14.7. The summed E-state index contributed by atoms with van der Waals surface area (Å²) in [6.45, 7) is 4.62. The largest absolute Gasteiger partial charge is 0.271 e. The first-order valence-corrected chi connectivity index (χ1v) is 6.89. The number of nitrogens with one attached hydrogen (secondary N) is 1. The Kier molecular flexibility index (Phi) is 4.75. The van der Waals surface area contributed by atoms with Gasteiger partial charge in [-0.15, -0.1) is 0 Å². The van der Waals surface area contributed by atoms with Gasteiger partial charge in [0.1, 0.15) is 5.82 Å². The molecule has 108 valence electrons. The molecule has 1 aromatic carbocycles.